The summed E-state index contributed by atoms with van der Waals surface area (Å²) in [6, 6.07) is 4.81. The van der Waals surface area contributed by atoms with Crippen molar-refractivity contribution in [3.63, 3.8) is 0 Å². The lowest BCUT2D eigenvalue weighted by Gasteiger charge is -2.33. The summed E-state index contributed by atoms with van der Waals surface area (Å²) in [5.74, 6) is 0.880. The van der Waals surface area contributed by atoms with Gasteiger partial charge in [0.1, 0.15) is 0 Å². The number of nitrogens with one attached hydrogen (secondary N) is 2. The summed E-state index contributed by atoms with van der Waals surface area (Å²) < 4.78 is 0. The van der Waals surface area contributed by atoms with Crippen molar-refractivity contribution in [2.75, 3.05) is 25.0 Å². The van der Waals surface area contributed by atoms with Crippen LogP contribution in [0, 0.1) is 6.92 Å². The van der Waals surface area contributed by atoms with E-state index < -0.39 is 0 Å². The Morgan fingerprint density at radius 2 is 2.21 bits per heavy atom. The standard InChI is InChI=1S/C16H23N5S2.HI/c1-12-18-10-14(23-12)11-19-16(17-2)20-13-5-7-21(8-6-13)15-4-3-9-22-15;/h3-4,9-10,13H,5-8,11H2,1-2H3,(H2,17,19,20);1H. The van der Waals surface area contributed by atoms with E-state index in [0.29, 0.717) is 6.04 Å². The van der Waals surface area contributed by atoms with E-state index in [1.165, 1.54) is 9.88 Å². The van der Waals surface area contributed by atoms with Gasteiger partial charge in [-0.2, -0.15) is 0 Å². The number of nitrogens with zero attached hydrogens (tertiary/aromatic N) is 3. The second kappa shape index (κ2) is 9.57. The second-order valence-electron chi connectivity index (χ2n) is 5.63. The van der Waals surface area contributed by atoms with Gasteiger partial charge in [-0.3, -0.25) is 4.99 Å². The molecule has 2 aromatic heterocycles. The first-order valence-electron chi connectivity index (χ1n) is 7.91. The fourth-order valence-corrected chi connectivity index (χ4v) is 4.26. The van der Waals surface area contributed by atoms with Crippen LogP contribution in [0.2, 0.25) is 0 Å². The van der Waals surface area contributed by atoms with Crippen molar-refractivity contribution in [2.24, 2.45) is 4.99 Å². The van der Waals surface area contributed by atoms with E-state index in [4.69, 9.17) is 0 Å². The van der Waals surface area contributed by atoms with Crippen molar-refractivity contribution in [3.8, 4) is 0 Å². The van der Waals surface area contributed by atoms with Crippen LogP contribution in [0.5, 0.6) is 0 Å². The highest BCUT2D eigenvalue weighted by molar-refractivity contribution is 14.0. The van der Waals surface area contributed by atoms with E-state index in [-0.39, 0.29) is 24.0 Å². The molecule has 0 saturated carbocycles. The third-order valence-corrected chi connectivity index (χ3v) is 5.82. The fraction of sp³-hybridized carbons (Fsp3) is 0.500. The van der Waals surface area contributed by atoms with E-state index in [0.717, 1.165) is 43.4 Å². The molecule has 0 amide bonds. The Bertz CT molecular complexity index is 633. The van der Waals surface area contributed by atoms with Gasteiger partial charge in [-0.1, -0.05) is 0 Å². The van der Waals surface area contributed by atoms with E-state index in [1.807, 2.05) is 31.5 Å². The third kappa shape index (κ3) is 5.32. The van der Waals surface area contributed by atoms with Crippen LogP contribution < -0.4 is 15.5 Å². The van der Waals surface area contributed by atoms with Gasteiger partial charge >= 0.3 is 0 Å². The highest BCUT2D eigenvalue weighted by Crippen LogP contribution is 2.24. The Labute approximate surface area is 168 Å². The number of halogens is 1. The highest BCUT2D eigenvalue weighted by atomic mass is 127. The summed E-state index contributed by atoms with van der Waals surface area (Å²) in [4.78, 5) is 12.3. The Kier molecular flexibility index (Phi) is 7.76. The third-order valence-electron chi connectivity index (χ3n) is 3.98. The van der Waals surface area contributed by atoms with E-state index in [2.05, 4.69) is 43.0 Å². The Hall–Kier alpha value is -0.870. The Balaban J connectivity index is 0.00000208. The maximum Gasteiger partial charge on any atom is 0.191 e. The molecule has 0 aliphatic carbocycles. The molecule has 0 radical (unpaired) electrons. The summed E-state index contributed by atoms with van der Waals surface area (Å²) >= 11 is 3.54. The summed E-state index contributed by atoms with van der Waals surface area (Å²) in [6.07, 6.45) is 4.20. The monoisotopic (exact) mass is 477 g/mol. The maximum absolute atomic E-state index is 4.34. The summed E-state index contributed by atoms with van der Waals surface area (Å²) in [6.45, 7) is 5.01. The minimum absolute atomic E-state index is 0. The number of anilines is 1. The molecule has 0 spiro atoms. The molecule has 0 unspecified atom stereocenters. The van der Waals surface area contributed by atoms with Gasteiger partial charge in [-0.25, -0.2) is 4.98 Å². The molecule has 2 aromatic rings. The number of aromatic nitrogens is 1. The molecule has 1 aliphatic rings. The first kappa shape index (κ1) is 19.5. The van der Waals surface area contributed by atoms with Gasteiger partial charge in [-0.15, -0.1) is 46.7 Å². The molecule has 1 saturated heterocycles. The van der Waals surface area contributed by atoms with Crippen LogP contribution >= 0.6 is 46.7 Å². The Morgan fingerprint density at radius 3 is 2.79 bits per heavy atom. The number of hydrogen-bond acceptors (Lipinski definition) is 5. The zero-order chi connectivity index (χ0) is 16.1. The van der Waals surface area contributed by atoms with Crippen LogP contribution in [0.25, 0.3) is 0 Å². The number of rotatable bonds is 4. The van der Waals surface area contributed by atoms with E-state index in [1.54, 1.807) is 11.3 Å². The molecule has 2 N–H and O–H groups in total. The van der Waals surface area contributed by atoms with Gasteiger partial charge in [0.25, 0.3) is 0 Å². The van der Waals surface area contributed by atoms with Crippen LogP contribution in [-0.4, -0.2) is 37.1 Å². The molecule has 3 heterocycles. The van der Waals surface area contributed by atoms with Crippen molar-refractivity contribution in [1.29, 1.82) is 0 Å². The largest absolute Gasteiger partial charge is 0.363 e. The Morgan fingerprint density at radius 1 is 1.42 bits per heavy atom. The normalized spacial score (nSPS) is 15.9. The average molecular weight is 477 g/mol. The number of hydrogen-bond donors (Lipinski definition) is 2. The molecule has 1 aliphatic heterocycles. The SMILES string of the molecule is CN=C(NCc1cnc(C)s1)NC1CCN(c2cccs2)CC1.I. The highest BCUT2D eigenvalue weighted by Gasteiger charge is 2.20. The van der Waals surface area contributed by atoms with Gasteiger partial charge in [-0.05, 0) is 37.3 Å². The molecule has 24 heavy (non-hydrogen) atoms. The van der Waals surface area contributed by atoms with Gasteiger partial charge < -0.3 is 15.5 Å². The zero-order valence-electron chi connectivity index (χ0n) is 14.0. The average Bonchev–Trinajstić information content (AvgIpc) is 3.24. The van der Waals surface area contributed by atoms with Crippen LogP contribution in [0.1, 0.15) is 22.7 Å². The quantitative estimate of drug-likeness (QED) is 0.403. The molecular weight excluding hydrogens is 453 g/mol. The maximum atomic E-state index is 4.34. The first-order chi connectivity index (χ1) is 11.2. The summed E-state index contributed by atoms with van der Waals surface area (Å²) in [7, 11) is 1.83. The zero-order valence-corrected chi connectivity index (χ0v) is 18.0. The fourth-order valence-electron chi connectivity index (χ4n) is 2.74. The van der Waals surface area contributed by atoms with Crippen LogP contribution in [0.4, 0.5) is 5.00 Å². The van der Waals surface area contributed by atoms with Gasteiger partial charge in [0, 0.05) is 37.3 Å². The summed E-state index contributed by atoms with van der Waals surface area (Å²) in [5, 5.41) is 11.6. The van der Waals surface area contributed by atoms with Crippen LogP contribution in [-0.2, 0) is 6.54 Å². The number of thiophene rings is 1. The minimum atomic E-state index is 0. The molecule has 0 bridgehead atoms. The lowest BCUT2D eigenvalue weighted by molar-refractivity contribution is 0.463. The molecule has 132 valence electrons. The van der Waals surface area contributed by atoms with Crippen molar-refractivity contribution in [2.45, 2.75) is 32.4 Å². The lowest BCUT2D eigenvalue weighted by Crippen LogP contribution is -2.48. The predicted molar refractivity (Wildman–Crippen MR) is 115 cm³/mol. The smallest absolute Gasteiger partial charge is 0.191 e. The minimum Gasteiger partial charge on any atom is -0.363 e. The molecular formula is C16H24IN5S2. The summed E-state index contributed by atoms with van der Waals surface area (Å²) in [5.41, 5.74) is 0. The molecule has 3 rings (SSSR count). The number of thiazole rings is 1. The predicted octanol–water partition coefficient (Wildman–Crippen LogP) is 3.47. The lowest BCUT2D eigenvalue weighted by atomic mass is 10.1. The van der Waals surface area contributed by atoms with Crippen molar-refractivity contribution in [1.82, 2.24) is 15.6 Å². The first-order valence-corrected chi connectivity index (χ1v) is 9.61. The van der Waals surface area contributed by atoms with Crippen molar-refractivity contribution < 1.29 is 0 Å². The number of aliphatic imine (C=N–C) groups is 1. The van der Waals surface area contributed by atoms with E-state index >= 15 is 0 Å². The van der Waals surface area contributed by atoms with Gasteiger partial charge in [0.15, 0.2) is 5.96 Å². The van der Waals surface area contributed by atoms with Gasteiger partial charge in [0.2, 0.25) is 0 Å². The second-order valence-corrected chi connectivity index (χ2v) is 7.87. The number of piperidine rings is 1. The topological polar surface area (TPSA) is 52.6 Å². The molecule has 0 atom stereocenters. The van der Waals surface area contributed by atoms with Crippen molar-refractivity contribution >= 4 is 57.6 Å². The number of guanidine groups is 1. The van der Waals surface area contributed by atoms with Crippen LogP contribution in [0.15, 0.2) is 28.7 Å². The van der Waals surface area contributed by atoms with Crippen LogP contribution in [0.3, 0.4) is 0 Å². The van der Waals surface area contributed by atoms with Crippen molar-refractivity contribution in [3.05, 3.63) is 33.6 Å². The molecule has 1 fully saturated rings. The van der Waals surface area contributed by atoms with Gasteiger partial charge in [0.05, 0.1) is 16.6 Å². The molecule has 8 heteroatoms. The molecule has 0 aromatic carbocycles. The van der Waals surface area contributed by atoms with E-state index in [9.17, 15) is 0 Å². The number of aryl methyl sites for hydroxylation is 1. The molecule has 5 nitrogen and oxygen atoms in total.